The number of nitrogens with zero attached hydrogens (tertiary/aromatic N) is 3. The van der Waals surface area contributed by atoms with E-state index in [-0.39, 0.29) is 6.09 Å². The number of fused-ring (bicyclic) bond motifs is 1. The topological polar surface area (TPSA) is 45.7 Å². The molecule has 0 atom stereocenters. The van der Waals surface area contributed by atoms with E-state index >= 15 is 0 Å². The highest BCUT2D eigenvalue weighted by molar-refractivity contribution is 6.29. The van der Waals surface area contributed by atoms with Crippen molar-refractivity contribution in [3.05, 3.63) is 28.5 Å². The molecular formula is C20H32ClN3O2. The number of aromatic nitrogens is 1. The summed E-state index contributed by atoms with van der Waals surface area (Å²) >= 11 is 5.98. The highest BCUT2D eigenvalue weighted by atomic mass is 35.5. The van der Waals surface area contributed by atoms with Crippen molar-refractivity contribution in [3.63, 3.8) is 0 Å². The fourth-order valence-electron chi connectivity index (χ4n) is 3.46. The molecule has 5 nitrogen and oxygen atoms in total. The van der Waals surface area contributed by atoms with Crippen molar-refractivity contribution in [2.24, 2.45) is 0 Å². The van der Waals surface area contributed by atoms with Gasteiger partial charge >= 0.3 is 6.09 Å². The fourth-order valence-corrected chi connectivity index (χ4v) is 3.63. The molecule has 0 bridgehead atoms. The van der Waals surface area contributed by atoms with E-state index in [0.29, 0.717) is 11.2 Å². The molecule has 2 aliphatic heterocycles. The molecule has 1 aromatic rings. The molecule has 146 valence electrons. The summed E-state index contributed by atoms with van der Waals surface area (Å²) in [6.07, 6.45) is 2.75. The third-order valence-corrected chi connectivity index (χ3v) is 4.89. The zero-order valence-electron chi connectivity index (χ0n) is 16.7. The van der Waals surface area contributed by atoms with Crippen LogP contribution in [-0.4, -0.2) is 52.2 Å². The van der Waals surface area contributed by atoms with Gasteiger partial charge < -0.3 is 9.64 Å². The van der Waals surface area contributed by atoms with Gasteiger partial charge in [-0.15, -0.1) is 0 Å². The maximum Gasteiger partial charge on any atom is 0.410 e. The molecule has 26 heavy (non-hydrogen) atoms. The molecule has 0 radical (unpaired) electrons. The van der Waals surface area contributed by atoms with E-state index in [9.17, 15) is 4.79 Å². The first kappa shape index (κ1) is 21.0. The third-order valence-electron chi connectivity index (χ3n) is 4.68. The second-order valence-electron chi connectivity index (χ2n) is 7.66. The summed E-state index contributed by atoms with van der Waals surface area (Å²) in [5, 5.41) is 0.577. The molecule has 3 rings (SSSR count). The Balaban J connectivity index is 0.00000117. The molecule has 1 saturated heterocycles. The lowest BCUT2D eigenvalue weighted by Crippen LogP contribution is -2.49. The van der Waals surface area contributed by atoms with Crippen molar-refractivity contribution in [2.45, 2.75) is 72.1 Å². The second-order valence-corrected chi connectivity index (χ2v) is 8.05. The highest BCUT2D eigenvalue weighted by Gasteiger charge is 2.31. The number of amides is 1. The van der Waals surface area contributed by atoms with E-state index in [1.807, 2.05) is 45.6 Å². The average Bonchev–Trinajstić information content (AvgIpc) is 2.61. The van der Waals surface area contributed by atoms with Crippen LogP contribution in [0.4, 0.5) is 4.79 Å². The first-order chi connectivity index (χ1) is 12.3. The molecule has 0 aromatic carbocycles. The van der Waals surface area contributed by atoms with Gasteiger partial charge in [0, 0.05) is 44.3 Å². The quantitative estimate of drug-likeness (QED) is 0.671. The van der Waals surface area contributed by atoms with E-state index in [1.165, 1.54) is 5.56 Å². The Morgan fingerprint density at radius 3 is 2.46 bits per heavy atom. The van der Waals surface area contributed by atoms with Crippen LogP contribution >= 0.6 is 11.6 Å². The zero-order valence-corrected chi connectivity index (χ0v) is 17.5. The molecule has 1 fully saturated rings. The smallest absolute Gasteiger partial charge is 0.410 e. The minimum Gasteiger partial charge on any atom is -0.444 e. The Bertz CT molecular complexity index is 608. The molecule has 2 aliphatic rings. The summed E-state index contributed by atoms with van der Waals surface area (Å²) in [5.41, 5.74) is 1.98. The summed E-state index contributed by atoms with van der Waals surface area (Å²) in [4.78, 5) is 20.9. The SMILES string of the molecule is CC.CC(C)(C)OC(=O)N1CCC(N2CCc3nc(Cl)ccc3C2)CC1. The van der Waals surface area contributed by atoms with Crippen LogP contribution in [0.1, 0.15) is 58.7 Å². The minimum absolute atomic E-state index is 0.191. The minimum atomic E-state index is -0.432. The van der Waals surface area contributed by atoms with Gasteiger partial charge in [-0.25, -0.2) is 9.78 Å². The van der Waals surface area contributed by atoms with Crippen molar-refractivity contribution >= 4 is 17.7 Å². The monoisotopic (exact) mass is 381 g/mol. The average molecular weight is 382 g/mol. The van der Waals surface area contributed by atoms with Gasteiger partial charge in [0.1, 0.15) is 10.8 Å². The summed E-state index contributed by atoms with van der Waals surface area (Å²) in [5.74, 6) is 0. The number of pyridine rings is 1. The number of carbonyl (C=O) groups is 1. The lowest BCUT2D eigenvalue weighted by molar-refractivity contribution is 0.0133. The zero-order chi connectivity index (χ0) is 19.3. The molecule has 0 aliphatic carbocycles. The van der Waals surface area contributed by atoms with Crippen molar-refractivity contribution in [2.75, 3.05) is 19.6 Å². The fraction of sp³-hybridized carbons (Fsp3) is 0.700. The first-order valence-corrected chi connectivity index (χ1v) is 10.1. The Morgan fingerprint density at radius 1 is 1.19 bits per heavy atom. The Morgan fingerprint density at radius 2 is 1.85 bits per heavy atom. The van der Waals surface area contributed by atoms with Crippen molar-refractivity contribution < 1.29 is 9.53 Å². The molecule has 1 amide bonds. The predicted molar refractivity (Wildman–Crippen MR) is 106 cm³/mol. The van der Waals surface area contributed by atoms with Crippen LogP contribution < -0.4 is 0 Å². The van der Waals surface area contributed by atoms with Crippen LogP contribution in [0.15, 0.2) is 12.1 Å². The van der Waals surface area contributed by atoms with Gasteiger partial charge in [-0.1, -0.05) is 31.5 Å². The maximum atomic E-state index is 12.2. The predicted octanol–water partition coefficient (Wildman–Crippen LogP) is 4.52. The molecule has 6 heteroatoms. The molecular weight excluding hydrogens is 350 g/mol. The van der Waals surface area contributed by atoms with Crippen LogP contribution in [0.2, 0.25) is 5.15 Å². The summed E-state index contributed by atoms with van der Waals surface area (Å²) in [7, 11) is 0. The summed E-state index contributed by atoms with van der Waals surface area (Å²) < 4.78 is 5.47. The van der Waals surface area contributed by atoms with Gasteiger partial charge in [-0.2, -0.15) is 0 Å². The molecule has 3 heterocycles. The molecule has 0 N–H and O–H groups in total. The van der Waals surface area contributed by atoms with Crippen LogP contribution in [-0.2, 0) is 17.7 Å². The largest absolute Gasteiger partial charge is 0.444 e. The Kier molecular flexibility index (Phi) is 7.30. The standard InChI is InChI=1S/C18H26ClN3O2.C2H6/c1-18(2,3)24-17(23)21-9-6-14(7-10-21)22-11-8-15-13(12-22)4-5-16(19)20-15;1-2/h4-5,14H,6-12H2,1-3H3;1-2H3. The van der Waals surface area contributed by atoms with E-state index in [1.54, 1.807) is 0 Å². The van der Waals surface area contributed by atoms with Gasteiger partial charge in [0.05, 0.1) is 0 Å². The summed E-state index contributed by atoms with van der Waals surface area (Å²) in [6, 6.07) is 4.48. The molecule has 1 aromatic heterocycles. The van der Waals surface area contributed by atoms with Gasteiger partial charge in [0.2, 0.25) is 0 Å². The van der Waals surface area contributed by atoms with Gasteiger partial charge in [0.25, 0.3) is 0 Å². The van der Waals surface area contributed by atoms with E-state index < -0.39 is 5.60 Å². The van der Waals surface area contributed by atoms with Gasteiger partial charge in [0.15, 0.2) is 0 Å². The molecule has 0 spiro atoms. The number of piperidine rings is 1. The van der Waals surface area contributed by atoms with Crippen LogP contribution in [0, 0.1) is 0 Å². The lowest BCUT2D eigenvalue weighted by atomic mass is 9.98. The van der Waals surface area contributed by atoms with Crippen LogP contribution in [0.5, 0.6) is 0 Å². The number of hydrogen-bond donors (Lipinski definition) is 0. The number of rotatable bonds is 1. The Labute approximate surface area is 162 Å². The molecule has 0 unspecified atom stereocenters. The maximum absolute atomic E-state index is 12.2. The summed E-state index contributed by atoms with van der Waals surface area (Å²) in [6.45, 7) is 13.2. The third kappa shape index (κ3) is 5.58. The van der Waals surface area contributed by atoms with Gasteiger partial charge in [-0.05, 0) is 45.2 Å². The highest BCUT2D eigenvalue weighted by Crippen LogP contribution is 2.25. The van der Waals surface area contributed by atoms with Gasteiger partial charge in [-0.3, -0.25) is 4.90 Å². The second kappa shape index (κ2) is 9.05. The van der Waals surface area contributed by atoms with E-state index in [2.05, 4.69) is 16.0 Å². The van der Waals surface area contributed by atoms with E-state index in [4.69, 9.17) is 16.3 Å². The van der Waals surface area contributed by atoms with Crippen LogP contribution in [0.3, 0.4) is 0 Å². The van der Waals surface area contributed by atoms with E-state index in [0.717, 1.165) is 51.1 Å². The van der Waals surface area contributed by atoms with Crippen molar-refractivity contribution in [1.82, 2.24) is 14.8 Å². The number of carbonyl (C=O) groups excluding carboxylic acids is 1. The number of hydrogen-bond acceptors (Lipinski definition) is 4. The first-order valence-electron chi connectivity index (χ1n) is 9.68. The number of ether oxygens (including phenoxy) is 1. The molecule has 0 saturated carbocycles. The number of likely N-dealkylation sites (tertiary alicyclic amines) is 1. The van der Waals surface area contributed by atoms with Crippen LogP contribution in [0.25, 0.3) is 0 Å². The normalized spacial score (nSPS) is 18.6. The van der Waals surface area contributed by atoms with Crippen molar-refractivity contribution in [3.8, 4) is 0 Å². The Hall–Kier alpha value is -1.33. The van der Waals surface area contributed by atoms with Crippen molar-refractivity contribution in [1.29, 1.82) is 0 Å². The number of halogens is 1. The lowest BCUT2D eigenvalue weighted by Gasteiger charge is -2.40.